The highest BCUT2D eigenvalue weighted by Gasteiger charge is 2.25. The van der Waals surface area contributed by atoms with Crippen molar-refractivity contribution < 1.29 is 0 Å². The van der Waals surface area contributed by atoms with Gasteiger partial charge in [-0.1, -0.05) is 36.4 Å². The topological polar surface area (TPSA) is 19.4 Å². The Morgan fingerprint density at radius 1 is 0.962 bits per heavy atom. The average molecular weight is 364 g/mol. The molecule has 134 valence electrons. The molecule has 26 heavy (non-hydrogen) atoms. The van der Waals surface area contributed by atoms with Gasteiger partial charge in [-0.25, -0.2) is 0 Å². The Hall–Kier alpha value is -1.91. The number of fused-ring (bicyclic) bond motifs is 2. The Bertz CT molecular complexity index is 895. The van der Waals surface area contributed by atoms with Crippen LogP contribution in [0, 0.1) is 0 Å². The van der Waals surface area contributed by atoms with E-state index in [1.165, 1.54) is 41.7 Å². The molecule has 3 nitrogen and oxygen atoms in total. The van der Waals surface area contributed by atoms with E-state index < -0.39 is 0 Å². The Morgan fingerprint density at radius 3 is 2.65 bits per heavy atom. The van der Waals surface area contributed by atoms with Crippen LogP contribution in [-0.2, 0) is 6.42 Å². The van der Waals surface area contributed by atoms with Crippen molar-refractivity contribution in [1.29, 1.82) is 0 Å². The maximum atomic E-state index is 4.72. The molecular formula is C22H25N3S. The number of aromatic nitrogens is 1. The van der Waals surface area contributed by atoms with Gasteiger partial charge in [-0.2, -0.15) is 4.37 Å². The van der Waals surface area contributed by atoms with Crippen molar-refractivity contribution in [2.75, 3.05) is 37.6 Å². The zero-order valence-corrected chi connectivity index (χ0v) is 15.9. The first-order valence-corrected chi connectivity index (χ1v) is 10.6. The fourth-order valence-corrected chi connectivity index (χ4v) is 5.26. The van der Waals surface area contributed by atoms with Gasteiger partial charge in [0.1, 0.15) is 5.82 Å². The van der Waals surface area contributed by atoms with Crippen LogP contribution in [0.2, 0.25) is 0 Å². The zero-order chi connectivity index (χ0) is 17.3. The molecule has 5 rings (SSSR count). The van der Waals surface area contributed by atoms with E-state index in [4.69, 9.17) is 4.37 Å². The predicted octanol–water partition coefficient (Wildman–Crippen LogP) is 4.54. The van der Waals surface area contributed by atoms with Gasteiger partial charge in [0.25, 0.3) is 0 Å². The van der Waals surface area contributed by atoms with Gasteiger partial charge in [0.2, 0.25) is 0 Å². The first-order chi connectivity index (χ1) is 12.9. The number of rotatable bonds is 5. The summed E-state index contributed by atoms with van der Waals surface area (Å²) in [5.41, 5.74) is 3.18. The van der Waals surface area contributed by atoms with Gasteiger partial charge < -0.3 is 4.90 Å². The highest BCUT2D eigenvalue weighted by molar-refractivity contribution is 7.13. The van der Waals surface area contributed by atoms with Crippen LogP contribution in [0.25, 0.3) is 10.1 Å². The Labute approximate surface area is 159 Å². The van der Waals surface area contributed by atoms with Crippen molar-refractivity contribution in [3.05, 3.63) is 59.7 Å². The molecule has 2 heterocycles. The second-order valence-corrected chi connectivity index (χ2v) is 8.38. The molecule has 0 radical (unpaired) electrons. The summed E-state index contributed by atoms with van der Waals surface area (Å²) in [6, 6.07) is 17.6. The molecular weight excluding hydrogens is 338 g/mol. The zero-order valence-electron chi connectivity index (χ0n) is 15.1. The number of hydrogen-bond donors (Lipinski definition) is 0. The highest BCUT2D eigenvalue weighted by atomic mass is 32.1. The fraction of sp³-hybridized carbons (Fsp3) is 0.409. The minimum absolute atomic E-state index is 0.814. The highest BCUT2D eigenvalue weighted by Crippen LogP contribution is 2.38. The lowest BCUT2D eigenvalue weighted by Crippen LogP contribution is -2.46. The minimum Gasteiger partial charge on any atom is -0.353 e. The molecule has 0 N–H and O–H groups in total. The molecule has 1 fully saturated rings. The number of nitrogens with zero attached hydrogens (tertiary/aromatic N) is 3. The molecule has 0 amide bonds. The Balaban J connectivity index is 1.11. The van der Waals surface area contributed by atoms with Crippen LogP contribution in [0.3, 0.4) is 0 Å². The van der Waals surface area contributed by atoms with Crippen LogP contribution in [0.4, 0.5) is 5.82 Å². The lowest BCUT2D eigenvalue weighted by atomic mass is 9.75. The summed E-state index contributed by atoms with van der Waals surface area (Å²) in [5.74, 6) is 2.00. The molecule has 1 unspecified atom stereocenters. The standard InChI is InChI=1S/C22H25N3S/c1-2-8-19-17(6-1)16-18(19)7-5-11-24-12-14-25(15-13-24)22-20-9-3-4-10-21(20)26-23-22/h1-4,6,8-10,18H,5,7,11-16H2. The van der Waals surface area contributed by atoms with E-state index in [0.29, 0.717) is 0 Å². The normalized spacial score (nSPS) is 20.2. The summed E-state index contributed by atoms with van der Waals surface area (Å²) in [4.78, 5) is 5.10. The van der Waals surface area contributed by atoms with Gasteiger partial charge in [-0.05, 0) is 66.5 Å². The number of benzene rings is 2. The van der Waals surface area contributed by atoms with Gasteiger partial charge >= 0.3 is 0 Å². The molecule has 1 aromatic heterocycles. The first-order valence-electron chi connectivity index (χ1n) is 9.78. The summed E-state index contributed by atoms with van der Waals surface area (Å²) in [7, 11) is 0. The maximum Gasteiger partial charge on any atom is 0.150 e. The minimum atomic E-state index is 0.814. The average Bonchev–Trinajstić information content (AvgIpc) is 3.10. The molecule has 0 spiro atoms. The van der Waals surface area contributed by atoms with Crippen LogP contribution in [0.5, 0.6) is 0 Å². The fourth-order valence-electron chi connectivity index (χ4n) is 4.47. The van der Waals surface area contributed by atoms with Crippen molar-refractivity contribution in [2.24, 2.45) is 0 Å². The smallest absolute Gasteiger partial charge is 0.150 e. The lowest BCUT2D eigenvalue weighted by molar-refractivity contribution is 0.249. The molecule has 2 aromatic carbocycles. The SMILES string of the molecule is c1ccc2c(c1)CC2CCCN1CCN(c2nsc3ccccc23)CC1. The summed E-state index contributed by atoms with van der Waals surface area (Å²) in [6.45, 7) is 5.75. The summed E-state index contributed by atoms with van der Waals surface area (Å²) >= 11 is 1.62. The monoisotopic (exact) mass is 363 g/mol. The summed E-state index contributed by atoms with van der Waals surface area (Å²) < 4.78 is 6.02. The maximum absolute atomic E-state index is 4.72. The number of hydrogen-bond acceptors (Lipinski definition) is 4. The predicted molar refractivity (Wildman–Crippen MR) is 110 cm³/mol. The van der Waals surface area contributed by atoms with Crippen molar-refractivity contribution in [2.45, 2.75) is 25.2 Å². The largest absolute Gasteiger partial charge is 0.353 e. The third kappa shape index (κ3) is 3.01. The lowest BCUT2D eigenvalue weighted by Gasteiger charge is -2.36. The van der Waals surface area contributed by atoms with Gasteiger partial charge in [0, 0.05) is 31.6 Å². The Kier molecular flexibility index (Phi) is 4.39. The van der Waals surface area contributed by atoms with Crippen LogP contribution in [0.1, 0.15) is 29.9 Å². The van der Waals surface area contributed by atoms with E-state index in [9.17, 15) is 0 Å². The van der Waals surface area contributed by atoms with Crippen molar-refractivity contribution >= 4 is 27.4 Å². The van der Waals surface area contributed by atoms with Gasteiger partial charge in [-0.15, -0.1) is 0 Å². The Morgan fingerprint density at radius 2 is 1.77 bits per heavy atom. The van der Waals surface area contributed by atoms with E-state index in [-0.39, 0.29) is 0 Å². The third-order valence-electron chi connectivity index (χ3n) is 6.02. The van der Waals surface area contributed by atoms with Crippen molar-refractivity contribution in [3.8, 4) is 0 Å². The molecule has 3 aromatic rings. The summed E-state index contributed by atoms with van der Waals surface area (Å²) in [5, 5.41) is 1.31. The van der Waals surface area contributed by atoms with Crippen LogP contribution in [0.15, 0.2) is 48.5 Å². The number of piperazine rings is 1. The van der Waals surface area contributed by atoms with Gasteiger partial charge in [0.05, 0.1) is 4.70 Å². The van der Waals surface area contributed by atoms with E-state index in [0.717, 1.165) is 32.1 Å². The molecule has 1 aliphatic carbocycles. The second-order valence-electron chi connectivity index (χ2n) is 7.57. The number of anilines is 1. The van der Waals surface area contributed by atoms with E-state index in [2.05, 4.69) is 58.3 Å². The van der Waals surface area contributed by atoms with Crippen LogP contribution < -0.4 is 4.90 Å². The molecule has 0 bridgehead atoms. The van der Waals surface area contributed by atoms with Crippen molar-refractivity contribution in [3.63, 3.8) is 0 Å². The third-order valence-corrected chi connectivity index (χ3v) is 6.84. The van der Waals surface area contributed by atoms with E-state index in [1.807, 2.05) is 0 Å². The van der Waals surface area contributed by atoms with Gasteiger partial charge in [-0.3, -0.25) is 4.90 Å². The molecule has 4 heteroatoms. The van der Waals surface area contributed by atoms with Crippen molar-refractivity contribution in [1.82, 2.24) is 9.27 Å². The van der Waals surface area contributed by atoms with Gasteiger partial charge in [0.15, 0.2) is 0 Å². The van der Waals surface area contributed by atoms with E-state index >= 15 is 0 Å². The summed E-state index contributed by atoms with van der Waals surface area (Å²) in [6.07, 6.45) is 3.95. The molecule has 2 aliphatic rings. The second kappa shape index (κ2) is 7.01. The van der Waals surface area contributed by atoms with Crippen LogP contribution >= 0.6 is 11.5 Å². The molecule has 1 atom stereocenters. The van der Waals surface area contributed by atoms with Crippen LogP contribution in [-0.4, -0.2) is 42.0 Å². The molecule has 1 saturated heterocycles. The first kappa shape index (κ1) is 16.3. The quantitative estimate of drug-likeness (QED) is 0.663. The molecule has 0 saturated carbocycles. The van der Waals surface area contributed by atoms with E-state index in [1.54, 1.807) is 22.7 Å². The molecule has 1 aliphatic heterocycles.